The van der Waals surface area contributed by atoms with Gasteiger partial charge in [0.2, 0.25) is 17.7 Å². The zero-order valence-electron chi connectivity index (χ0n) is 39.8. The van der Waals surface area contributed by atoms with Gasteiger partial charge in [-0.1, -0.05) is 4.98 Å². The molecule has 422 valence electrons. The maximum Gasteiger partial charge on any atom is 0.488 e. The fourth-order valence-corrected chi connectivity index (χ4v) is 16.1. The number of hydrogen-bond acceptors (Lipinski definition) is 29. The number of aryl methyl sites for hydroxylation is 1. The number of H-pyrrole nitrogens is 2. The second-order valence-electron chi connectivity index (χ2n) is 16.9. The summed E-state index contributed by atoms with van der Waals surface area (Å²) in [6, 6.07) is 0. The van der Waals surface area contributed by atoms with Gasteiger partial charge in [0.25, 0.3) is 17.1 Å². The number of aliphatic hydroxyl groups is 3. The van der Waals surface area contributed by atoms with Crippen LogP contribution in [0.1, 0.15) is 18.7 Å². The number of aromatic amines is 2. The SMILES string of the molecule is CNc1ncnc2c1ncn2[C@@H]1O[C@H](COP(=O)(O)OP(=O)(O)OP(=O)(O)SC[C@H]2O[C@@H]([n+]3cn(C)c4c(=O)[nH]c(N)nc43)C(O)[C@H]2OC)C(OP(O)(=S)OC[C@H]2O[C@@H](n3cnc4c(=O)[nH]c(N)nc43)[C@@H](O)C2O)[C@@H]1OC. The first-order valence-electron chi connectivity index (χ1n) is 22.0. The highest BCUT2D eigenvalue weighted by Gasteiger charge is 2.53. The molecule has 7 unspecified atom stereocenters. The van der Waals surface area contributed by atoms with E-state index in [-0.39, 0.29) is 56.8 Å². The van der Waals surface area contributed by atoms with Gasteiger partial charge in [0.1, 0.15) is 66.8 Å². The number of aromatic nitrogens is 12. The molecule has 0 radical (unpaired) electrons. The molecule has 37 nitrogen and oxygen atoms in total. The van der Waals surface area contributed by atoms with Crippen molar-refractivity contribution in [2.45, 2.75) is 73.6 Å². The second kappa shape index (κ2) is 22.0. The average molecular weight is 1210 g/mol. The Balaban J connectivity index is 0.872. The molecule has 6 aromatic rings. The van der Waals surface area contributed by atoms with Crippen LogP contribution in [0.25, 0.3) is 33.5 Å². The molecule has 9 heterocycles. The molecule has 3 aliphatic rings. The third kappa shape index (κ3) is 11.7. The Bertz CT molecular complexity index is 3520. The minimum Gasteiger partial charge on any atom is -0.387 e. The van der Waals surface area contributed by atoms with E-state index in [2.05, 4.69) is 53.8 Å². The maximum atomic E-state index is 13.4. The fraction of sp³-hybridized carbons (Fsp3) is 0.559. The number of methoxy groups -OCH3 is 2. The third-order valence-corrected chi connectivity index (χ3v) is 20.2. The van der Waals surface area contributed by atoms with E-state index < -0.39 is 133 Å². The van der Waals surface area contributed by atoms with Crippen molar-refractivity contribution in [1.29, 1.82) is 0 Å². The van der Waals surface area contributed by atoms with Crippen LogP contribution in [0, 0.1) is 0 Å². The third-order valence-electron chi connectivity index (χ3n) is 12.0. The first kappa shape index (κ1) is 57.3. The summed E-state index contributed by atoms with van der Waals surface area (Å²) in [5, 5.41) is 35.9. The lowest BCUT2D eigenvalue weighted by atomic mass is 10.1. The fourth-order valence-electron chi connectivity index (χ4n) is 8.73. The average Bonchev–Trinajstić information content (AvgIpc) is 4.21. The molecule has 16 atom stereocenters. The number of nitrogen functional groups attached to an aromatic ring is 2. The smallest absolute Gasteiger partial charge is 0.387 e. The Morgan fingerprint density at radius 3 is 2.13 bits per heavy atom. The number of fused-ring (bicyclic) bond motifs is 3. The molecule has 3 saturated heterocycles. The van der Waals surface area contributed by atoms with Gasteiger partial charge >= 0.3 is 34.8 Å². The van der Waals surface area contributed by atoms with Gasteiger partial charge in [0, 0.05) is 27.0 Å². The minimum atomic E-state index is -6.04. The molecule has 77 heavy (non-hydrogen) atoms. The quantitative estimate of drug-likeness (QED) is 0.0256. The second-order valence-corrected chi connectivity index (χ2v) is 26.8. The monoisotopic (exact) mass is 1210 g/mol. The lowest BCUT2D eigenvalue weighted by molar-refractivity contribution is -0.745. The van der Waals surface area contributed by atoms with Crippen molar-refractivity contribution >= 4 is 104 Å². The summed E-state index contributed by atoms with van der Waals surface area (Å²) in [5.41, 5.74) is 10.3. The Morgan fingerprint density at radius 1 is 0.779 bits per heavy atom. The summed E-state index contributed by atoms with van der Waals surface area (Å²) < 4.78 is 99.2. The molecule has 0 aliphatic carbocycles. The molecule has 0 saturated carbocycles. The summed E-state index contributed by atoms with van der Waals surface area (Å²) in [7, 11) is -6.41. The minimum absolute atomic E-state index is 0.00607. The van der Waals surface area contributed by atoms with Gasteiger partial charge in [-0.2, -0.15) is 13.6 Å². The lowest BCUT2D eigenvalue weighted by Gasteiger charge is -2.28. The Hall–Kier alpha value is -4.34. The number of phosphoric ester groups is 1. The van der Waals surface area contributed by atoms with Gasteiger partial charge in [-0.15, -0.1) is 0 Å². The Morgan fingerprint density at radius 2 is 1.43 bits per heavy atom. The standard InChI is InChI=1S/C34H47N15O22P4S2/c1-37-24-15-25(39-8-38-24)47(9-40-15)32-23(63-4)22(69-75(61,76)65-5-12-18(50)19(51)30(66-12)48-10-41-16-26(48)42-33(35)44-28(16)53)13(67-32)6-64-72(55,56)70-73(57,58)71-74(59,60)77-7-14-21(62-3)20(52)31(68-14)49-11-46(2)17-27(49)43-34(36)45-29(17)54/h8-14,18-23,30-32,50-52H,5-7H2,1-4H3,(H10-,35,36,37,38,39,42,43,44,45,53,54,55,56,57,58,59,60,61,76)/p+1/t12-,13-,14-,18?,19+,20?,21+,22?,23+,30-,31-,32-,75?/m1/s1. The van der Waals surface area contributed by atoms with Crippen LogP contribution in [0.15, 0.2) is 34.9 Å². The predicted molar refractivity (Wildman–Crippen MR) is 262 cm³/mol. The normalized spacial score (nSPS) is 30.0. The highest BCUT2D eigenvalue weighted by Crippen LogP contribution is 2.71. The molecular weight excluding hydrogens is 1160 g/mol. The van der Waals surface area contributed by atoms with Crippen LogP contribution in [-0.2, 0) is 78.4 Å². The Kier molecular flexibility index (Phi) is 16.4. The van der Waals surface area contributed by atoms with Gasteiger partial charge in [-0.05, 0) is 23.2 Å². The first-order valence-corrected chi connectivity index (χ1v) is 30.8. The highest BCUT2D eigenvalue weighted by atomic mass is 32.7. The van der Waals surface area contributed by atoms with E-state index in [1.165, 1.54) is 54.0 Å². The van der Waals surface area contributed by atoms with Gasteiger partial charge < -0.3 is 79.9 Å². The lowest BCUT2D eigenvalue weighted by Crippen LogP contribution is -2.46. The molecule has 43 heteroatoms. The summed E-state index contributed by atoms with van der Waals surface area (Å²) in [4.78, 5) is 97.8. The molecule has 3 fully saturated rings. The van der Waals surface area contributed by atoms with Gasteiger partial charge in [-0.25, -0.2) is 38.2 Å². The van der Waals surface area contributed by atoms with Crippen LogP contribution < -0.4 is 32.5 Å². The van der Waals surface area contributed by atoms with E-state index in [4.69, 9.17) is 60.5 Å². The van der Waals surface area contributed by atoms with Crippen molar-refractivity contribution in [3.05, 3.63) is 46.0 Å². The zero-order valence-corrected chi connectivity index (χ0v) is 45.1. The molecule has 3 aliphatic heterocycles. The number of imidazole rings is 3. The van der Waals surface area contributed by atoms with Crippen molar-refractivity contribution in [1.82, 2.24) is 53.6 Å². The van der Waals surface area contributed by atoms with Crippen LogP contribution in [0.5, 0.6) is 0 Å². The highest BCUT2D eigenvalue weighted by molar-refractivity contribution is 8.55. The van der Waals surface area contributed by atoms with Gasteiger partial charge in [0.15, 0.2) is 41.4 Å². The molecule has 6 aromatic heterocycles. The molecule has 0 spiro atoms. The number of nitrogens with two attached hydrogens (primary N) is 2. The largest absolute Gasteiger partial charge is 0.488 e. The maximum absolute atomic E-state index is 13.4. The number of nitrogens with zero attached hydrogens (tertiary/aromatic N) is 10. The zero-order chi connectivity index (χ0) is 55.7. The summed E-state index contributed by atoms with van der Waals surface area (Å²) in [5.74, 6) is -0.808. The number of ether oxygens (including phenoxy) is 5. The van der Waals surface area contributed by atoms with E-state index in [1.54, 1.807) is 7.05 Å². The van der Waals surface area contributed by atoms with Crippen molar-refractivity contribution in [2.75, 3.05) is 57.0 Å². The van der Waals surface area contributed by atoms with E-state index in [0.29, 0.717) is 5.82 Å². The first-order chi connectivity index (χ1) is 36.2. The van der Waals surface area contributed by atoms with Crippen molar-refractivity contribution in [3.63, 3.8) is 0 Å². The van der Waals surface area contributed by atoms with Crippen LogP contribution in [0.4, 0.5) is 17.7 Å². The molecule has 14 N–H and O–H groups in total. The topological polar surface area (TPSA) is 511 Å². The molecule has 9 rings (SSSR count). The summed E-state index contributed by atoms with van der Waals surface area (Å²) in [6.07, 6.45) is -12.5. The number of aliphatic hydroxyl groups excluding tert-OH is 3. The Labute approximate surface area is 438 Å². The van der Waals surface area contributed by atoms with Crippen LogP contribution >= 0.6 is 40.5 Å². The van der Waals surface area contributed by atoms with E-state index in [0.717, 1.165) is 10.9 Å². The van der Waals surface area contributed by atoms with Crippen LogP contribution in [0.3, 0.4) is 0 Å². The van der Waals surface area contributed by atoms with Crippen molar-refractivity contribution in [2.24, 2.45) is 7.05 Å². The summed E-state index contributed by atoms with van der Waals surface area (Å²) >= 11 is 5.32. The van der Waals surface area contributed by atoms with E-state index >= 15 is 0 Å². The predicted octanol–water partition coefficient (Wildman–Crippen LogP) is -2.76. The molecule has 0 aromatic carbocycles. The number of phosphoric acid groups is 2. The number of rotatable bonds is 21. The van der Waals surface area contributed by atoms with Crippen molar-refractivity contribution in [3.8, 4) is 0 Å². The van der Waals surface area contributed by atoms with E-state index in [1.807, 2.05) is 0 Å². The molecule has 0 amide bonds. The molecule has 0 bridgehead atoms. The van der Waals surface area contributed by atoms with Crippen molar-refractivity contribution < 1.29 is 99.0 Å². The van der Waals surface area contributed by atoms with Gasteiger partial charge in [-0.3, -0.25) is 42.3 Å². The van der Waals surface area contributed by atoms with Crippen LogP contribution in [-0.4, -0.2) is 184 Å². The van der Waals surface area contributed by atoms with Gasteiger partial charge in [0.05, 0.1) is 32.9 Å². The molecular formula is C34H48N15O22P4S2+. The van der Waals surface area contributed by atoms with E-state index in [9.17, 15) is 58.2 Å². The number of hydrogen-bond donors (Lipinski definition) is 12. The van der Waals surface area contributed by atoms with Crippen LogP contribution in [0.2, 0.25) is 0 Å². The number of anilines is 3. The summed E-state index contributed by atoms with van der Waals surface area (Å²) in [6.45, 7) is -11.8. The number of nitrogens with one attached hydrogen (secondary N) is 3.